The highest BCUT2D eigenvalue weighted by molar-refractivity contribution is 6.32. The van der Waals surface area contributed by atoms with Crippen LogP contribution >= 0.6 is 23.2 Å². The maximum Gasteiger partial charge on any atom is 0.261 e. The van der Waals surface area contributed by atoms with Crippen LogP contribution in [0.5, 0.6) is 5.75 Å². The van der Waals surface area contributed by atoms with Crippen molar-refractivity contribution in [3.8, 4) is 17.1 Å². The Labute approximate surface area is 191 Å². The monoisotopic (exact) mass is 452 g/mol. The molecule has 0 N–H and O–H groups in total. The predicted octanol–water partition coefficient (Wildman–Crippen LogP) is 6.46. The number of nitrogens with zero attached hydrogens (tertiary/aromatic N) is 2. The molecule has 0 fully saturated rings. The van der Waals surface area contributed by atoms with Gasteiger partial charge >= 0.3 is 0 Å². The Balaban J connectivity index is 1.62. The van der Waals surface area contributed by atoms with Gasteiger partial charge in [0.15, 0.2) is 0 Å². The molecule has 0 radical (unpaired) electrons. The van der Waals surface area contributed by atoms with Gasteiger partial charge in [-0.2, -0.15) is 0 Å². The molecule has 4 rings (SSSR count). The van der Waals surface area contributed by atoms with E-state index in [1.807, 2.05) is 56.3 Å². The summed E-state index contributed by atoms with van der Waals surface area (Å²) < 4.78 is 7.65. The lowest BCUT2D eigenvalue weighted by molar-refractivity contribution is 0.299. The van der Waals surface area contributed by atoms with Gasteiger partial charge in [-0.1, -0.05) is 41.4 Å². The van der Waals surface area contributed by atoms with Gasteiger partial charge in [0, 0.05) is 17.1 Å². The number of hydrogen-bond acceptors (Lipinski definition) is 3. The molecule has 0 saturated carbocycles. The third-order valence-corrected chi connectivity index (χ3v) is 5.64. The minimum atomic E-state index is -0.0694. The Hall–Kier alpha value is -2.82. The number of benzene rings is 3. The lowest BCUT2D eigenvalue weighted by atomic mass is 10.1. The topological polar surface area (TPSA) is 44.1 Å². The zero-order chi connectivity index (χ0) is 22.0. The van der Waals surface area contributed by atoms with Gasteiger partial charge in [0.05, 0.1) is 22.5 Å². The number of aromatic nitrogens is 2. The van der Waals surface area contributed by atoms with Crippen LogP contribution in [0, 0.1) is 13.8 Å². The second-order valence-corrected chi connectivity index (χ2v) is 8.35. The van der Waals surface area contributed by atoms with Gasteiger partial charge in [0.1, 0.15) is 11.6 Å². The molecule has 0 unspecified atom stereocenters. The largest absolute Gasteiger partial charge is 0.492 e. The zero-order valence-corrected chi connectivity index (χ0v) is 18.9. The summed E-state index contributed by atoms with van der Waals surface area (Å²) in [5.74, 6) is 1.30. The number of aryl methyl sites for hydroxylation is 2. The molecular formula is C25H22Cl2N2O2. The van der Waals surface area contributed by atoms with Crippen molar-refractivity contribution in [1.29, 1.82) is 0 Å². The summed E-state index contributed by atoms with van der Waals surface area (Å²) in [6.45, 7) is 4.88. The van der Waals surface area contributed by atoms with Crippen LogP contribution in [-0.2, 0) is 6.54 Å². The molecule has 0 aliphatic heterocycles. The quantitative estimate of drug-likeness (QED) is 0.315. The predicted molar refractivity (Wildman–Crippen MR) is 127 cm³/mol. The van der Waals surface area contributed by atoms with Gasteiger partial charge in [-0.05, 0) is 73.9 Å². The molecule has 31 heavy (non-hydrogen) atoms. The summed E-state index contributed by atoms with van der Waals surface area (Å²) in [4.78, 5) is 18.0. The lowest BCUT2D eigenvalue weighted by Gasteiger charge is -2.15. The van der Waals surface area contributed by atoms with Gasteiger partial charge < -0.3 is 4.74 Å². The number of para-hydroxylation sites is 1. The molecule has 3 aromatic carbocycles. The Morgan fingerprint density at radius 1 is 1.00 bits per heavy atom. The van der Waals surface area contributed by atoms with E-state index in [9.17, 15) is 4.79 Å². The Morgan fingerprint density at radius 2 is 1.74 bits per heavy atom. The minimum absolute atomic E-state index is 0.0694. The van der Waals surface area contributed by atoms with Crippen molar-refractivity contribution >= 4 is 34.1 Å². The fourth-order valence-corrected chi connectivity index (χ4v) is 4.18. The maximum atomic E-state index is 13.2. The number of fused-ring (bicyclic) bond motifs is 1. The SMILES string of the molecule is Cc1cc(C)c(OCCCn2c(-c3ccc(Cl)cc3)nc3ccccc3c2=O)c(Cl)c1. The van der Waals surface area contributed by atoms with E-state index in [0.29, 0.717) is 52.1 Å². The lowest BCUT2D eigenvalue weighted by Crippen LogP contribution is -2.24. The summed E-state index contributed by atoms with van der Waals surface area (Å²) in [5, 5.41) is 1.83. The van der Waals surface area contributed by atoms with Crippen LogP contribution in [-0.4, -0.2) is 16.2 Å². The van der Waals surface area contributed by atoms with Gasteiger partial charge in [-0.25, -0.2) is 4.98 Å². The van der Waals surface area contributed by atoms with Crippen LogP contribution in [0.3, 0.4) is 0 Å². The Bertz CT molecular complexity index is 1270. The summed E-state index contributed by atoms with van der Waals surface area (Å²) in [5.41, 5.74) is 3.53. The van der Waals surface area contributed by atoms with Crippen molar-refractivity contribution in [2.75, 3.05) is 6.61 Å². The van der Waals surface area contributed by atoms with E-state index >= 15 is 0 Å². The molecule has 0 amide bonds. The van der Waals surface area contributed by atoms with E-state index in [1.165, 1.54) is 0 Å². The van der Waals surface area contributed by atoms with Crippen molar-refractivity contribution in [3.63, 3.8) is 0 Å². The highest BCUT2D eigenvalue weighted by Gasteiger charge is 2.13. The summed E-state index contributed by atoms with van der Waals surface area (Å²) in [6.07, 6.45) is 0.629. The zero-order valence-electron chi connectivity index (χ0n) is 17.4. The molecule has 158 valence electrons. The highest BCUT2D eigenvalue weighted by Crippen LogP contribution is 2.30. The molecule has 1 aromatic heterocycles. The molecule has 0 spiro atoms. The Kier molecular flexibility index (Phi) is 6.30. The molecule has 4 aromatic rings. The van der Waals surface area contributed by atoms with E-state index < -0.39 is 0 Å². The van der Waals surface area contributed by atoms with E-state index in [0.717, 1.165) is 16.7 Å². The summed E-state index contributed by atoms with van der Waals surface area (Å²) >= 11 is 12.4. The average Bonchev–Trinajstić information content (AvgIpc) is 2.74. The van der Waals surface area contributed by atoms with Crippen LogP contribution in [0.15, 0.2) is 65.5 Å². The van der Waals surface area contributed by atoms with E-state index in [1.54, 1.807) is 22.8 Å². The first kappa shape index (κ1) is 21.4. The summed E-state index contributed by atoms with van der Waals surface area (Å²) in [7, 11) is 0. The molecule has 0 saturated heterocycles. The van der Waals surface area contributed by atoms with Crippen molar-refractivity contribution in [3.05, 3.63) is 92.2 Å². The van der Waals surface area contributed by atoms with Crippen LogP contribution < -0.4 is 10.3 Å². The number of rotatable bonds is 6. The van der Waals surface area contributed by atoms with Crippen molar-refractivity contribution in [2.24, 2.45) is 0 Å². The first-order chi connectivity index (χ1) is 14.9. The van der Waals surface area contributed by atoms with Gasteiger partial charge in [-0.15, -0.1) is 0 Å². The third-order valence-electron chi connectivity index (χ3n) is 5.11. The summed E-state index contributed by atoms with van der Waals surface area (Å²) in [6, 6.07) is 18.7. The van der Waals surface area contributed by atoms with Crippen molar-refractivity contribution in [2.45, 2.75) is 26.8 Å². The normalized spacial score (nSPS) is 11.1. The molecule has 4 nitrogen and oxygen atoms in total. The van der Waals surface area contributed by atoms with E-state index in [-0.39, 0.29) is 5.56 Å². The molecule has 0 bridgehead atoms. The first-order valence-electron chi connectivity index (χ1n) is 10.1. The molecule has 6 heteroatoms. The molecular weight excluding hydrogens is 431 g/mol. The Morgan fingerprint density at radius 3 is 2.48 bits per heavy atom. The minimum Gasteiger partial charge on any atom is -0.492 e. The molecule has 0 aliphatic carbocycles. The number of halogens is 2. The smallest absolute Gasteiger partial charge is 0.261 e. The average molecular weight is 453 g/mol. The van der Waals surface area contributed by atoms with Crippen LogP contribution in [0.25, 0.3) is 22.3 Å². The van der Waals surface area contributed by atoms with Crippen molar-refractivity contribution in [1.82, 2.24) is 9.55 Å². The fraction of sp³-hybridized carbons (Fsp3) is 0.200. The molecule has 1 heterocycles. The van der Waals surface area contributed by atoms with Crippen LogP contribution in [0.1, 0.15) is 17.5 Å². The third kappa shape index (κ3) is 4.60. The second-order valence-electron chi connectivity index (χ2n) is 7.51. The van der Waals surface area contributed by atoms with Gasteiger partial charge in [0.25, 0.3) is 5.56 Å². The van der Waals surface area contributed by atoms with Gasteiger partial charge in [0.2, 0.25) is 0 Å². The molecule has 0 atom stereocenters. The van der Waals surface area contributed by atoms with E-state index in [2.05, 4.69) is 0 Å². The standard InChI is InChI=1S/C25H22Cl2N2O2/c1-16-14-17(2)23(21(27)15-16)31-13-5-12-29-24(18-8-10-19(26)11-9-18)28-22-7-4-3-6-20(22)25(29)30/h3-4,6-11,14-15H,5,12-13H2,1-2H3. The maximum absolute atomic E-state index is 13.2. The van der Waals surface area contributed by atoms with E-state index in [4.69, 9.17) is 32.9 Å². The number of ether oxygens (including phenoxy) is 1. The van der Waals surface area contributed by atoms with Crippen LogP contribution in [0.2, 0.25) is 10.0 Å². The highest BCUT2D eigenvalue weighted by atomic mass is 35.5. The fourth-order valence-electron chi connectivity index (χ4n) is 3.68. The van der Waals surface area contributed by atoms with Crippen LogP contribution in [0.4, 0.5) is 0 Å². The van der Waals surface area contributed by atoms with Crippen molar-refractivity contribution < 1.29 is 4.74 Å². The first-order valence-corrected chi connectivity index (χ1v) is 10.8. The number of hydrogen-bond donors (Lipinski definition) is 0. The second kappa shape index (κ2) is 9.13. The molecule has 0 aliphatic rings. The van der Waals surface area contributed by atoms with Gasteiger partial charge in [-0.3, -0.25) is 9.36 Å².